The molecule has 0 amide bonds. The largest absolute Gasteiger partial charge is 0.367 e. The first-order valence-electron chi connectivity index (χ1n) is 6.35. The number of nitrogens with one attached hydrogen (secondary N) is 1. The molecule has 17 heavy (non-hydrogen) atoms. The summed E-state index contributed by atoms with van der Waals surface area (Å²) < 4.78 is 0.883. The van der Waals surface area contributed by atoms with E-state index in [0.29, 0.717) is 17.9 Å². The number of rotatable bonds is 5. The van der Waals surface area contributed by atoms with Gasteiger partial charge in [0, 0.05) is 18.0 Å². The van der Waals surface area contributed by atoms with E-state index in [1.807, 2.05) is 6.07 Å². The van der Waals surface area contributed by atoms with E-state index in [0.717, 1.165) is 22.7 Å². The lowest BCUT2D eigenvalue weighted by molar-refractivity contribution is 0.538. The number of hydrogen-bond acceptors (Lipinski definition) is 3. The Bertz CT molecular complexity index is 388. The SMILES string of the molecule is CC(C)CC(C)Nc1cc(Br)nc(C2CC2)n1. The van der Waals surface area contributed by atoms with Crippen molar-refractivity contribution in [2.24, 2.45) is 5.92 Å². The molecule has 1 aromatic heterocycles. The molecule has 0 bridgehead atoms. The van der Waals surface area contributed by atoms with Crippen molar-refractivity contribution >= 4 is 21.7 Å². The van der Waals surface area contributed by atoms with Crippen molar-refractivity contribution in [2.45, 2.75) is 52.0 Å². The van der Waals surface area contributed by atoms with E-state index in [1.165, 1.54) is 12.8 Å². The first-order valence-corrected chi connectivity index (χ1v) is 7.15. The minimum Gasteiger partial charge on any atom is -0.367 e. The van der Waals surface area contributed by atoms with Crippen LogP contribution in [0.2, 0.25) is 0 Å². The number of anilines is 1. The van der Waals surface area contributed by atoms with Gasteiger partial charge in [-0.2, -0.15) is 0 Å². The maximum absolute atomic E-state index is 4.59. The average molecular weight is 298 g/mol. The topological polar surface area (TPSA) is 37.8 Å². The molecule has 2 rings (SSSR count). The summed E-state index contributed by atoms with van der Waals surface area (Å²) in [5.41, 5.74) is 0. The normalized spacial score (nSPS) is 17.2. The molecule has 1 saturated carbocycles. The molecule has 1 aliphatic carbocycles. The van der Waals surface area contributed by atoms with Gasteiger partial charge in [0.25, 0.3) is 0 Å². The zero-order chi connectivity index (χ0) is 12.4. The van der Waals surface area contributed by atoms with Gasteiger partial charge in [-0.3, -0.25) is 0 Å². The molecule has 0 aromatic carbocycles. The van der Waals surface area contributed by atoms with Crippen LogP contribution < -0.4 is 5.32 Å². The van der Waals surface area contributed by atoms with Gasteiger partial charge in [-0.05, 0) is 48.0 Å². The molecular formula is C13H20BrN3. The van der Waals surface area contributed by atoms with Gasteiger partial charge in [0.1, 0.15) is 16.2 Å². The van der Waals surface area contributed by atoms with Gasteiger partial charge in [0.2, 0.25) is 0 Å². The summed E-state index contributed by atoms with van der Waals surface area (Å²) in [6, 6.07) is 2.41. The van der Waals surface area contributed by atoms with E-state index in [9.17, 15) is 0 Å². The average Bonchev–Trinajstić information content (AvgIpc) is 2.97. The van der Waals surface area contributed by atoms with Crippen LogP contribution in [0.15, 0.2) is 10.7 Å². The molecule has 0 spiro atoms. The van der Waals surface area contributed by atoms with Gasteiger partial charge in [-0.1, -0.05) is 13.8 Å². The van der Waals surface area contributed by atoms with Gasteiger partial charge < -0.3 is 5.32 Å². The molecule has 1 aliphatic rings. The third-order valence-electron chi connectivity index (χ3n) is 2.87. The van der Waals surface area contributed by atoms with Crippen molar-refractivity contribution in [3.8, 4) is 0 Å². The standard InChI is InChI=1S/C13H20BrN3/c1-8(2)6-9(3)15-12-7-11(14)16-13(17-12)10-4-5-10/h7-10H,4-6H2,1-3H3,(H,15,16,17). The first-order chi connectivity index (χ1) is 8.04. The Morgan fingerprint density at radius 2 is 2.06 bits per heavy atom. The fourth-order valence-electron chi connectivity index (χ4n) is 2.05. The predicted octanol–water partition coefficient (Wildman–Crippen LogP) is 3.96. The Balaban J connectivity index is 2.04. The van der Waals surface area contributed by atoms with Crippen LogP contribution in [0.1, 0.15) is 51.8 Å². The molecule has 94 valence electrons. The number of nitrogens with zero attached hydrogens (tertiary/aromatic N) is 2. The summed E-state index contributed by atoms with van der Waals surface area (Å²) in [6.45, 7) is 6.68. The van der Waals surface area contributed by atoms with E-state index in [1.54, 1.807) is 0 Å². The van der Waals surface area contributed by atoms with Crippen molar-refractivity contribution in [3.63, 3.8) is 0 Å². The number of hydrogen-bond donors (Lipinski definition) is 1. The lowest BCUT2D eigenvalue weighted by Crippen LogP contribution is -2.18. The zero-order valence-electron chi connectivity index (χ0n) is 10.7. The monoisotopic (exact) mass is 297 g/mol. The third kappa shape index (κ3) is 3.95. The maximum atomic E-state index is 4.59. The quantitative estimate of drug-likeness (QED) is 0.836. The van der Waals surface area contributed by atoms with E-state index in [-0.39, 0.29) is 0 Å². The Kier molecular flexibility index (Phi) is 4.02. The van der Waals surface area contributed by atoms with Crippen molar-refractivity contribution in [1.82, 2.24) is 9.97 Å². The van der Waals surface area contributed by atoms with Crippen LogP contribution in [-0.2, 0) is 0 Å². The van der Waals surface area contributed by atoms with E-state index < -0.39 is 0 Å². The number of halogens is 1. The highest BCUT2D eigenvalue weighted by molar-refractivity contribution is 9.10. The fourth-order valence-corrected chi connectivity index (χ4v) is 2.45. The Morgan fingerprint density at radius 3 is 2.65 bits per heavy atom. The van der Waals surface area contributed by atoms with Crippen LogP contribution in [0.4, 0.5) is 5.82 Å². The van der Waals surface area contributed by atoms with Gasteiger partial charge in [-0.15, -0.1) is 0 Å². The molecule has 3 nitrogen and oxygen atoms in total. The predicted molar refractivity (Wildman–Crippen MR) is 74.2 cm³/mol. The summed E-state index contributed by atoms with van der Waals surface area (Å²) in [4.78, 5) is 9.02. The highest BCUT2D eigenvalue weighted by Crippen LogP contribution is 2.38. The van der Waals surface area contributed by atoms with Crippen LogP contribution >= 0.6 is 15.9 Å². The van der Waals surface area contributed by atoms with Crippen LogP contribution in [0.3, 0.4) is 0 Å². The van der Waals surface area contributed by atoms with E-state index in [2.05, 4.69) is 52.0 Å². The van der Waals surface area contributed by atoms with Gasteiger partial charge in [0.15, 0.2) is 0 Å². The van der Waals surface area contributed by atoms with Crippen LogP contribution in [0, 0.1) is 5.92 Å². The van der Waals surface area contributed by atoms with Crippen molar-refractivity contribution in [2.75, 3.05) is 5.32 Å². The molecule has 0 saturated heterocycles. The first kappa shape index (κ1) is 12.8. The molecule has 1 N–H and O–H groups in total. The molecule has 1 heterocycles. The minimum atomic E-state index is 0.448. The fraction of sp³-hybridized carbons (Fsp3) is 0.692. The van der Waals surface area contributed by atoms with Crippen LogP contribution in [0.25, 0.3) is 0 Å². The van der Waals surface area contributed by atoms with Gasteiger partial charge in [0.05, 0.1) is 0 Å². The second-order valence-corrected chi connectivity index (χ2v) is 6.20. The van der Waals surface area contributed by atoms with Gasteiger partial charge >= 0.3 is 0 Å². The van der Waals surface area contributed by atoms with Gasteiger partial charge in [-0.25, -0.2) is 9.97 Å². The summed E-state index contributed by atoms with van der Waals surface area (Å²) in [6.07, 6.45) is 3.62. The smallest absolute Gasteiger partial charge is 0.135 e. The summed E-state index contributed by atoms with van der Waals surface area (Å²) >= 11 is 3.46. The zero-order valence-corrected chi connectivity index (χ0v) is 12.3. The molecular weight excluding hydrogens is 278 g/mol. The molecule has 1 unspecified atom stereocenters. The van der Waals surface area contributed by atoms with Crippen molar-refractivity contribution in [1.29, 1.82) is 0 Å². The minimum absolute atomic E-state index is 0.448. The highest BCUT2D eigenvalue weighted by Gasteiger charge is 2.27. The van der Waals surface area contributed by atoms with E-state index in [4.69, 9.17) is 0 Å². The third-order valence-corrected chi connectivity index (χ3v) is 3.28. The Hall–Kier alpha value is -0.640. The second-order valence-electron chi connectivity index (χ2n) is 5.38. The lowest BCUT2D eigenvalue weighted by Gasteiger charge is -2.17. The second kappa shape index (κ2) is 5.34. The van der Waals surface area contributed by atoms with Crippen LogP contribution in [0.5, 0.6) is 0 Å². The number of aromatic nitrogens is 2. The van der Waals surface area contributed by atoms with E-state index >= 15 is 0 Å². The highest BCUT2D eigenvalue weighted by atomic mass is 79.9. The van der Waals surface area contributed by atoms with Crippen molar-refractivity contribution < 1.29 is 0 Å². The summed E-state index contributed by atoms with van der Waals surface area (Å²) in [7, 11) is 0. The molecule has 1 aromatic rings. The molecule has 0 aliphatic heterocycles. The molecule has 4 heteroatoms. The molecule has 1 atom stereocenters. The maximum Gasteiger partial charge on any atom is 0.135 e. The Labute approximate surface area is 112 Å². The summed E-state index contributed by atoms with van der Waals surface area (Å²) in [5.74, 6) is 3.22. The molecule has 0 radical (unpaired) electrons. The van der Waals surface area contributed by atoms with Crippen molar-refractivity contribution in [3.05, 3.63) is 16.5 Å². The lowest BCUT2D eigenvalue weighted by atomic mass is 10.1. The molecule has 1 fully saturated rings. The Morgan fingerprint density at radius 1 is 1.35 bits per heavy atom. The van der Waals surface area contributed by atoms with Crippen LogP contribution in [-0.4, -0.2) is 16.0 Å². The summed E-state index contributed by atoms with van der Waals surface area (Å²) in [5, 5.41) is 3.46.